The fraction of sp³-hybridized carbons (Fsp3) is 0.429. The van der Waals surface area contributed by atoms with E-state index in [1.165, 1.54) is 0 Å². The van der Waals surface area contributed by atoms with Crippen molar-refractivity contribution in [2.24, 2.45) is 5.92 Å². The van der Waals surface area contributed by atoms with Crippen LogP contribution in [0, 0.1) is 5.92 Å². The smallest absolute Gasteiger partial charge is 0.237 e. The van der Waals surface area contributed by atoms with Crippen LogP contribution < -0.4 is 4.90 Å². The molecule has 1 atom stereocenters. The summed E-state index contributed by atoms with van der Waals surface area (Å²) in [5.41, 5.74) is 0.706. The molecule has 4 heteroatoms. The minimum absolute atomic E-state index is 0.0248. The van der Waals surface area contributed by atoms with Crippen molar-refractivity contribution < 1.29 is 9.59 Å². The van der Waals surface area contributed by atoms with Crippen molar-refractivity contribution in [1.29, 1.82) is 0 Å². The predicted octanol–water partition coefficient (Wildman–Crippen LogP) is 3.06. The largest absolute Gasteiger partial charge is 0.310 e. The molecule has 0 unspecified atom stereocenters. The van der Waals surface area contributed by atoms with Gasteiger partial charge in [0, 0.05) is 13.0 Å². The molecule has 0 saturated carbocycles. The van der Waals surface area contributed by atoms with Crippen LogP contribution in [0.5, 0.6) is 0 Å². The van der Waals surface area contributed by atoms with Crippen molar-refractivity contribution in [1.82, 2.24) is 0 Å². The summed E-state index contributed by atoms with van der Waals surface area (Å²) >= 11 is 6.11. The number of nitrogens with zero attached hydrogens (tertiary/aromatic N) is 1. The number of para-hydroxylation sites is 1. The van der Waals surface area contributed by atoms with Crippen LogP contribution in [0.4, 0.5) is 5.69 Å². The average Bonchev–Trinajstić information content (AvgIpc) is 2.39. The molecule has 0 aromatic heterocycles. The molecular formula is C14H16ClNO2. The minimum atomic E-state index is -0.486. The summed E-state index contributed by atoms with van der Waals surface area (Å²) in [7, 11) is 0. The Hall–Kier alpha value is -1.35. The SMILES string of the molecule is CCC(=O)[C@H]1CCCN(c2ccccc2Cl)C1=O. The molecule has 1 aliphatic heterocycles. The second kappa shape index (κ2) is 5.53. The molecule has 1 aromatic carbocycles. The van der Waals surface area contributed by atoms with Crippen LogP contribution in [0.2, 0.25) is 5.02 Å². The molecule has 1 saturated heterocycles. The Kier molecular flexibility index (Phi) is 4.02. The molecule has 0 spiro atoms. The molecule has 1 amide bonds. The van der Waals surface area contributed by atoms with Crippen LogP contribution >= 0.6 is 11.6 Å². The third-order valence-corrected chi connectivity index (χ3v) is 3.64. The quantitative estimate of drug-likeness (QED) is 0.788. The second-order valence-corrected chi connectivity index (χ2v) is 4.86. The van der Waals surface area contributed by atoms with E-state index in [4.69, 9.17) is 11.6 Å². The van der Waals surface area contributed by atoms with E-state index in [-0.39, 0.29) is 11.7 Å². The molecule has 1 aliphatic rings. The van der Waals surface area contributed by atoms with Crippen LogP contribution in [0.15, 0.2) is 24.3 Å². The van der Waals surface area contributed by atoms with Gasteiger partial charge in [0.1, 0.15) is 5.78 Å². The molecule has 3 nitrogen and oxygen atoms in total. The Bertz CT molecular complexity index is 473. The van der Waals surface area contributed by atoms with E-state index in [0.717, 1.165) is 6.42 Å². The molecule has 1 fully saturated rings. The number of carbonyl (C=O) groups excluding carboxylic acids is 2. The molecule has 1 heterocycles. The van der Waals surface area contributed by atoms with E-state index < -0.39 is 5.92 Å². The molecule has 0 bridgehead atoms. The van der Waals surface area contributed by atoms with Crippen LogP contribution in [-0.4, -0.2) is 18.2 Å². The van der Waals surface area contributed by atoms with Crippen molar-refractivity contribution in [3.63, 3.8) is 0 Å². The highest BCUT2D eigenvalue weighted by Gasteiger charge is 2.34. The predicted molar refractivity (Wildman–Crippen MR) is 71.8 cm³/mol. The fourth-order valence-electron chi connectivity index (χ4n) is 2.33. The first kappa shape index (κ1) is 13.1. The lowest BCUT2D eigenvalue weighted by Crippen LogP contribution is -2.44. The highest BCUT2D eigenvalue weighted by atomic mass is 35.5. The Morgan fingerprint density at radius 1 is 1.44 bits per heavy atom. The number of anilines is 1. The van der Waals surface area contributed by atoms with Gasteiger partial charge in [-0.3, -0.25) is 9.59 Å². The maximum absolute atomic E-state index is 12.3. The number of rotatable bonds is 3. The minimum Gasteiger partial charge on any atom is -0.310 e. The molecule has 1 aromatic rings. The van der Waals surface area contributed by atoms with Gasteiger partial charge in [-0.15, -0.1) is 0 Å². The molecule has 18 heavy (non-hydrogen) atoms. The first-order valence-electron chi connectivity index (χ1n) is 6.23. The van der Waals surface area contributed by atoms with Crippen LogP contribution in [0.1, 0.15) is 26.2 Å². The van der Waals surface area contributed by atoms with Gasteiger partial charge in [-0.2, -0.15) is 0 Å². The zero-order chi connectivity index (χ0) is 13.1. The number of hydrogen-bond donors (Lipinski definition) is 0. The van der Waals surface area contributed by atoms with E-state index in [1.54, 1.807) is 17.9 Å². The number of ketones is 1. The highest BCUT2D eigenvalue weighted by Crippen LogP contribution is 2.30. The molecule has 0 N–H and O–H groups in total. The van der Waals surface area contributed by atoms with E-state index in [0.29, 0.717) is 30.1 Å². The zero-order valence-electron chi connectivity index (χ0n) is 10.4. The van der Waals surface area contributed by atoms with E-state index >= 15 is 0 Å². The second-order valence-electron chi connectivity index (χ2n) is 4.46. The monoisotopic (exact) mass is 265 g/mol. The van der Waals surface area contributed by atoms with E-state index in [9.17, 15) is 9.59 Å². The van der Waals surface area contributed by atoms with Crippen molar-refractivity contribution in [3.05, 3.63) is 29.3 Å². The van der Waals surface area contributed by atoms with E-state index in [1.807, 2.05) is 18.2 Å². The summed E-state index contributed by atoms with van der Waals surface area (Å²) < 4.78 is 0. The molecular weight excluding hydrogens is 250 g/mol. The zero-order valence-corrected chi connectivity index (χ0v) is 11.1. The van der Waals surface area contributed by atoms with Gasteiger partial charge >= 0.3 is 0 Å². The van der Waals surface area contributed by atoms with Gasteiger partial charge in [-0.05, 0) is 25.0 Å². The fourth-order valence-corrected chi connectivity index (χ4v) is 2.57. The van der Waals surface area contributed by atoms with Gasteiger partial charge in [0.2, 0.25) is 5.91 Å². The summed E-state index contributed by atoms with van der Waals surface area (Å²) in [5, 5.41) is 0.551. The standard InChI is InChI=1S/C14H16ClNO2/c1-2-13(17)10-6-5-9-16(14(10)18)12-8-4-3-7-11(12)15/h3-4,7-8,10H,2,5-6,9H2,1H3/t10-/m1/s1. The normalized spacial score (nSPS) is 20.0. The first-order chi connectivity index (χ1) is 8.65. The molecule has 96 valence electrons. The maximum Gasteiger partial charge on any atom is 0.237 e. The van der Waals surface area contributed by atoms with Crippen molar-refractivity contribution in [2.75, 3.05) is 11.4 Å². The van der Waals surface area contributed by atoms with Crippen LogP contribution in [0.3, 0.4) is 0 Å². The molecule has 2 rings (SSSR count). The number of carbonyl (C=O) groups is 2. The molecule has 0 radical (unpaired) electrons. The number of benzene rings is 1. The van der Waals surface area contributed by atoms with Crippen molar-refractivity contribution >= 4 is 29.0 Å². The summed E-state index contributed by atoms with van der Waals surface area (Å²) in [6.45, 7) is 2.43. The van der Waals surface area contributed by atoms with Gasteiger partial charge in [0.05, 0.1) is 16.6 Å². The van der Waals surface area contributed by atoms with Crippen molar-refractivity contribution in [2.45, 2.75) is 26.2 Å². The van der Waals surface area contributed by atoms with Crippen LogP contribution in [-0.2, 0) is 9.59 Å². The van der Waals surface area contributed by atoms with E-state index in [2.05, 4.69) is 0 Å². The van der Waals surface area contributed by atoms with Crippen molar-refractivity contribution in [3.8, 4) is 0 Å². The Morgan fingerprint density at radius 2 is 2.17 bits per heavy atom. The lowest BCUT2D eigenvalue weighted by Gasteiger charge is -2.32. The lowest BCUT2D eigenvalue weighted by molar-refractivity contribution is -0.133. The Balaban J connectivity index is 2.27. The van der Waals surface area contributed by atoms with Gasteiger partial charge in [-0.25, -0.2) is 0 Å². The van der Waals surface area contributed by atoms with Gasteiger partial charge in [0.15, 0.2) is 0 Å². The Labute approximate surface area is 112 Å². The topological polar surface area (TPSA) is 37.4 Å². The third-order valence-electron chi connectivity index (χ3n) is 3.32. The lowest BCUT2D eigenvalue weighted by atomic mass is 9.91. The number of Topliss-reactive ketones (excluding diaryl/α,β-unsaturated/α-hetero) is 1. The summed E-state index contributed by atoms with van der Waals surface area (Å²) in [6.07, 6.45) is 1.91. The van der Waals surface area contributed by atoms with Crippen LogP contribution in [0.25, 0.3) is 0 Å². The summed E-state index contributed by atoms with van der Waals surface area (Å²) in [5.74, 6) is -0.571. The number of piperidine rings is 1. The number of halogens is 1. The number of amides is 1. The van der Waals surface area contributed by atoms with Gasteiger partial charge in [0.25, 0.3) is 0 Å². The highest BCUT2D eigenvalue weighted by molar-refractivity contribution is 6.34. The third kappa shape index (κ3) is 2.41. The van der Waals surface area contributed by atoms with Gasteiger partial charge in [-0.1, -0.05) is 30.7 Å². The Morgan fingerprint density at radius 3 is 2.83 bits per heavy atom. The summed E-state index contributed by atoms with van der Waals surface area (Å²) in [4.78, 5) is 25.7. The first-order valence-corrected chi connectivity index (χ1v) is 6.61. The van der Waals surface area contributed by atoms with Gasteiger partial charge < -0.3 is 4.90 Å². The molecule has 0 aliphatic carbocycles. The summed E-state index contributed by atoms with van der Waals surface area (Å²) in [6, 6.07) is 7.25. The maximum atomic E-state index is 12.3. The number of hydrogen-bond acceptors (Lipinski definition) is 2. The average molecular weight is 266 g/mol.